The predicted molar refractivity (Wildman–Crippen MR) is 143 cm³/mol. The lowest BCUT2D eigenvalue weighted by Crippen LogP contribution is -2.53. The molecule has 2 amide bonds. The Bertz CT molecular complexity index is 1090. The van der Waals surface area contributed by atoms with Gasteiger partial charge in [-0.2, -0.15) is 0 Å². The molecule has 2 fully saturated rings. The summed E-state index contributed by atoms with van der Waals surface area (Å²) in [6.07, 6.45) is 1.26. The molecule has 10 nitrogen and oxygen atoms in total. The quantitative estimate of drug-likeness (QED) is 0.422. The highest BCUT2D eigenvalue weighted by Crippen LogP contribution is 2.33. The molecule has 0 aromatic heterocycles. The Balaban J connectivity index is 1.57. The molecule has 2 aliphatic rings. The number of carbonyl (C=O) groups excluding carboxylic acids is 3. The number of sulfone groups is 1. The molecule has 0 unspecified atom stereocenters. The number of hydrogen-bond acceptors (Lipinski definition) is 8. The Morgan fingerprint density at radius 2 is 1.84 bits per heavy atom. The first kappa shape index (κ1) is 29.9. The molecule has 0 bridgehead atoms. The Morgan fingerprint density at radius 1 is 1.16 bits per heavy atom. The van der Waals surface area contributed by atoms with Crippen molar-refractivity contribution in [3.63, 3.8) is 0 Å². The number of nitrogens with one attached hydrogen (secondary N) is 1. The molecule has 0 radical (unpaired) electrons. The highest BCUT2D eigenvalue weighted by Gasteiger charge is 2.43. The van der Waals surface area contributed by atoms with E-state index in [1.807, 2.05) is 30.3 Å². The second-order valence-electron chi connectivity index (χ2n) is 11.3. The van der Waals surface area contributed by atoms with Crippen LogP contribution in [0.4, 0.5) is 4.79 Å². The van der Waals surface area contributed by atoms with E-state index in [0.29, 0.717) is 32.2 Å². The third kappa shape index (κ3) is 8.17. The van der Waals surface area contributed by atoms with E-state index in [1.54, 1.807) is 32.6 Å². The highest BCUT2D eigenvalue weighted by molar-refractivity contribution is 7.91. The SMILES string of the molecule is CC(C)S(=O)(=O)C[C@@H]1C[C@H](NC(=O)OC(C)(C)CC(=O)OCc2ccccc2)CC[C@@H]1N1CC[C@H](N)C1=O. The molecular weight excluding hydrogens is 510 g/mol. The van der Waals surface area contributed by atoms with Gasteiger partial charge in [-0.3, -0.25) is 9.59 Å². The lowest BCUT2D eigenvalue weighted by molar-refractivity contribution is -0.149. The largest absolute Gasteiger partial charge is 0.461 e. The molecule has 11 heteroatoms. The summed E-state index contributed by atoms with van der Waals surface area (Å²) < 4.78 is 36.4. The van der Waals surface area contributed by atoms with Crippen molar-refractivity contribution in [2.45, 2.75) is 95.4 Å². The third-order valence-corrected chi connectivity index (χ3v) is 9.62. The predicted octanol–water partition coefficient (Wildman–Crippen LogP) is 2.54. The maximum Gasteiger partial charge on any atom is 0.407 e. The molecule has 1 aromatic rings. The fourth-order valence-electron chi connectivity index (χ4n) is 5.13. The van der Waals surface area contributed by atoms with Crippen molar-refractivity contribution in [3.8, 4) is 0 Å². The molecule has 3 rings (SSSR count). The molecule has 4 atom stereocenters. The van der Waals surface area contributed by atoms with Crippen LogP contribution in [0.5, 0.6) is 0 Å². The number of nitrogens with two attached hydrogens (primary N) is 1. The molecule has 0 spiro atoms. The smallest absolute Gasteiger partial charge is 0.407 e. The molecular formula is C27H41N3O7S. The van der Waals surface area contributed by atoms with E-state index in [9.17, 15) is 22.8 Å². The third-order valence-electron chi connectivity index (χ3n) is 7.29. The number of benzene rings is 1. The van der Waals surface area contributed by atoms with Crippen LogP contribution >= 0.6 is 0 Å². The van der Waals surface area contributed by atoms with Crippen molar-refractivity contribution in [1.82, 2.24) is 10.2 Å². The van der Waals surface area contributed by atoms with Gasteiger partial charge in [0.1, 0.15) is 12.2 Å². The molecule has 1 saturated carbocycles. The van der Waals surface area contributed by atoms with E-state index in [2.05, 4.69) is 5.32 Å². The van der Waals surface area contributed by atoms with Gasteiger partial charge in [-0.05, 0) is 64.9 Å². The molecule has 1 aromatic carbocycles. The van der Waals surface area contributed by atoms with Gasteiger partial charge in [-0.15, -0.1) is 0 Å². The maximum absolute atomic E-state index is 12.8. The van der Waals surface area contributed by atoms with E-state index in [0.717, 1.165) is 5.56 Å². The Hall–Kier alpha value is -2.66. The Morgan fingerprint density at radius 3 is 2.45 bits per heavy atom. The number of alkyl carbamates (subject to hydrolysis) is 1. The molecule has 1 saturated heterocycles. The molecule has 1 aliphatic heterocycles. The summed E-state index contributed by atoms with van der Waals surface area (Å²) in [4.78, 5) is 39.4. The minimum Gasteiger partial charge on any atom is -0.461 e. The first-order valence-electron chi connectivity index (χ1n) is 13.2. The van der Waals surface area contributed by atoms with Crippen LogP contribution in [0.25, 0.3) is 0 Å². The van der Waals surface area contributed by atoms with Gasteiger partial charge >= 0.3 is 12.1 Å². The van der Waals surface area contributed by atoms with E-state index < -0.39 is 38.8 Å². The number of nitrogens with zero attached hydrogens (tertiary/aromatic N) is 1. The fraction of sp³-hybridized carbons (Fsp3) is 0.667. The molecule has 212 valence electrons. The topological polar surface area (TPSA) is 145 Å². The number of likely N-dealkylation sites (tertiary alicyclic amines) is 1. The van der Waals surface area contributed by atoms with Gasteiger partial charge in [0.05, 0.1) is 23.5 Å². The number of carbonyl (C=O) groups is 3. The highest BCUT2D eigenvalue weighted by atomic mass is 32.2. The van der Waals surface area contributed by atoms with Gasteiger partial charge < -0.3 is 25.4 Å². The Kier molecular flexibility index (Phi) is 9.80. The van der Waals surface area contributed by atoms with Crippen molar-refractivity contribution in [1.29, 1.82) is 0 Å². The van der Waals surface area contributed by atoms with Crippen LogP contribution in [0.15, 0.2) is 30.3 Å². The monoisotopic (exact) mass is 551 g/mol. The maximum atomic E-state index is 12.8. The summed E-state index contributed by atoms with van der Waals surface area (Å²) in [5.41, 5.74) is 5.67. The second-order valence-corrected chi connectivity index (χ2v) is 13.9. The van der Waals surface area contributed by atoms with Crippen LogP contribution in [-0.4, -0.2) is 72.6 Å². The zero-order chi connectivity index (χ0) is 28.1. The standard InChI is InChI=1S/C27H41N3O7S/c1-18(2)38(34,35)17-20-14-21(10-11-23(20)30-13-12-22(28)25(30)32)29-26(33)37-27(3,4)15-24(31)36-16-19-8-6-5-7-9-19/h5-9,18,20-23H,10-17,28H2,1-4H3,(H,29,33)/t20-,21+,22-,23-/m0/s1. The van der Waals surface area contributed by atoms with Crippen molar-refractivity contribution in [2.75, 3.05) is 12.3 Å². The van der Waals surface area contributed by atoms with Gasteiger partial charge in [0, 0.05) is 18.6 Å². The summed E-state index contributed by atoms with van der Waals surface area (Å²) in [6, 6.07) is 8.18. The number of amides is 2. The summed E-state index contributed by atoms with van der Waals surface area (Å²) in [7, 11) is -3.38. The van der Waals surface area contributed by atoms with Crippen molar-refractivity contribution < 1.29 is 32.3 Å². The van der Waals surface area contributed by atoms with Crippen LogP contribution in [0.2, 0.25) is 0 Å². The lowest BCUT2D eigenvalue weighted by Gasteiger charge is -2.41. The van der Waals surface area contributed by atoms with Crippen LogP contribution < -0.4 is 11.1 Å². The van der Waals surface area contributed by atoms with E-state index >= 15 is 0 Å². The molecule has 1 aliphatic carbocycles. The second kappa shape index (κ2) is 12.5. The fourth-order valence-corrected chi connectivity index (χ4v) is 6.47. The summed E-state index contributed by atoms with van der Waals surface area (Å²) >= 11 is 0. The number of ether oxygens (including phenoxy) is 2. The van der Waals surface area contributed by atoms with Gasteiger partial charge in [-0.25, -0.2) is 13.2 Å². The average Bonchev–Trinajstić information content (AvgIpc) is 3.15. The summed E-state index contributed by atoms with van der Waals surface area (Å²) in [6.45, 7) is 7.20. The van der Waals surface area contributed by atoms with Gasteiger partial charge in [-0.1, -0.05) is 30.3 Å². The summed E-state index contributed by atoms with van der Waals surface area (Å²) in [5, 5.41) is 2.30. The first-order chi connectivity index (χ1) is 17.8. The first-order valence-corrected chi connectivity index (χ1v) is 15.0. The van der Waals surface area contributed by atoms with Crippen LogP contribution in [0.3, 0.4) is 0 Å². The van der Waals surface area contributed by atoms with Crippen molar-refractivity contribution in [2.24, 2.45) is 11.7 Å². The minimum atomic E-state index is -3.38. The van der Waals surface area contributed by atoms with Crippen molar-refractivity contribution >= 4 is 27.8 Å². The van der Waals surface area contributed by atoms with E-state index in [4.69, 9.17) is 15.2 Å². The average molecular weight is 552 g/mol. The minimum absolute atomic E-state index is 0.0691. The van der Waals surface area contributed by atoms with E-state index in [-0.39, 0.29) is 42.7 Å². The molecule has 38 heavy (non-hydrogen) atoms. The van der Waals surface area contributed by atoms with E-state index in [1.165, 1.54) is 0 Å². The molecule has 3 N–H and O–H groups in total. The lowest BCUT2D eigenvalue weighted by atomic mass is 9.81. The Labute approximate surface area is 225 Å². The zero-order valence-electron chi connectivity index (χ0n) is 22.7. The van der Waals surface area contributed by atoms with Crippen LogP contribution in [-0.2, 0) is 35.5 Å². The summed E-state index contributed by atoms with van der Waals surface area (Å²) in [5.74, 6) is -1.04. The van der Waals surface area contributed by atoms with Gasteiger partial charge in [0.2, 0.25) is 5.91 Å². The normalized spacial score (nSPS) is 24.4. The number of esters is 1. The van der Waals surface area contributed by atoms with Crippen LogP contribution in [0.1, 0.15) is 65.4 Å². The number of hydrogen-bond donors (Lipinski definition) is 2. The number of rotatable bonds is 10. The van der Waals surface area contributed by atoms with Crippen molar-refractivity contribution in [3.05, 3.63) is 35.9 Å². The zero-order valence-corrected chi connectivity index (χ0v) is 23.5. The molecule has 1 heterocycles. The van der Waals surface area contributed by atoms with Gasteiger partial charge in [0.25, 0.3) is 0 Å². The van der Waals surface area contributed by atoms with Gasteiger partial charge in [0.15, 0.2) is 9.84 Å². The van der Waals surface area contributed by atoms with Crippen LogP contribution in [0, 0.1) is 5.92 Å².